The van der Waals surface area contributed by atoms with E-state index >= 15 is 0 Å². The number of benzene rings is 1. The Labute approximate surface area is 154 Å². The predicted octanol–water partition coefficient (Wildman–Crippen LogP) is 2.79. The molecule has 0 amide bonds. The van der Waals surface area contributed by atoms with Gasteiger partial charge in [0.15, 0.2) is 0 Å². The number of aliphatic hydroxyl groups is 1. The highest BCUT2D eigenvalue weighted by atomic mass is 32.1. The van der Waals surface area contributed by atoms with Gasteiger partial charge in [0.1, 0.15) is 0 Å². The van der Waals surface area contributed by atoms with Crippen molar-refractivity contribution in [1.82, 2.24) is 14.8 Å². The van der Waals surface area contributed by atoms with Crippen LogP contribution in [0.4, 0.5) is 0 Å². The first-order valence-corrected chi connectivity index (χ1v) is 10.2. The number of aromatic nitrogens is 1. The van der Waals surface area contributed by atoms with Gasteiger partial charge in [-0.2, -0.15) is 0 Å². The second-order valence-electron chi connectivity index (χ2n) is 7.40. The number of hydrogen-bond acceptors (Lipinski definition) is 5. The lowest BCUT2D eigenvalue weighted by atomic mass is 9.82. The number of β-amino-alcohol motifs (C(OH)–C–C–N with tert-alkyl or cyclic N) is 1. The van der Waals surface area contributed by atoms with Gasteiger partial charge in [0.05, 0.1) is 11.6 Å². The third kappa shape index (κ3) is 3.65. The lowest BCUT2D eigenvalue weighted by Gasteiger charge is -2.48. The van der Waals surface area contributed by atoms with Gasteiger partial charge in [-0.1, -0.05) is 30.3 Å². The number of rotatable bonds is 5. The fourth-order valence-electron chi connectivity index (χ4n) is 4.57. The molecule has 2 aliphatic heterocycles. The molecule has 0 radical (unpaired) electrons. The number of likely N-dealkylation sites (tertiary alicyclic amines) is 2. The van der Waals surface area contributed by atoms with E-state index in [4.69, 9.17) is 0 Å². The van der Waals surface area contributed by atoms with Crippen LogP contribution in [0.1, 0.15) is 29.7 Å². The Kier molecular flexibility index (Phi) is 5.17. The lowest BCUT2D eigenvalue weighted by Crippen LogP contribution is -2.61. The number of aliphatic hydroxyl groups excluding tert-OH is 1. The standard InChI is InChI=1S/C20H27N3OS/c24-19-15-22(14-18-13-21-16-25-18)12-9-20(19)8-4-10-23(20)11-7-17-5-2-1-3-6-17/h1-3,5-6,13,16,19,24H,4,7-12,14-15H2/t19-,20-/m0/s1. The van der Waals surface area contributed by atoms with Crippen LogP contribution in [0.3, 0.4) is 0 Å². The van der Waals surface area contributed by atoms with E-state index in [0.717, 1.165) is 52.0 Å². The van der Waals surface area contributed by atoms with E-state index in [0.29, 0.717) is 0 Å². The Morgan fingerprint density at radius 2 is 2.08 bits per heavy atom. The molecular weight excluding hydrogens is 330 g/mol. The first kappa shape index (κ1) is 17.2. The van der Waals surface area contributed by atoms with Gasteiger partial charge in [-0.05, 0) is 37.8 Å². The van der Waals surface area contributed by atoms with E-state index in [1.807, 2.05) is 11.7 Å². The van der Waals surface area contributed by atoms with Crippen molar-refractivity contribution in [3.05, 3.63) is 52.5 Å². The third-order valence-corrected chi connectivity index (χ3v) is 6.72. The molecule has 2 saturated heterocycles. The Morgan fingerprint density at radius 1 is 1.20 bits per heavy atom. The summed E-state index contributed by atoms with van der Waals surface area (Å²) in [6.45, 7) is 4.94. The second-order valence-corrected chi connectivity index (χ2v) is 8.37. The van der Waals surface area contributed by atoms with Crippen LogP contribution < -0.4 is 0 Å². The van der Waals surface area contributed by atoms with Crippen molar-refractivity contribution < 1.29 is 5.11 Å². The van der Waals surface area contributed by atoms with Crippen molar-refractivity contribution in [3.63, 3.8) is 0 Å². The van der Waals surface area contributed by atoms with E-state index in [1.165, 1.54) is 16.9 Å². The average molecular weight is 358 g/mol. The van der Waals surface area contributed by atoms with Gasteiger partial charge in [0.25, 0.3) is 0 Å². The summed E-state index contributed by atoms with van der Waals surface area (Å²) in [6.07, 6.45) is 6.18. The van der Waals surface area contributed by atoms with Gasteiger partial charge >= 0.3 is 0 Å². The molecule has 4 nitrogen and oxygen atoms in total. The molecule has 0 saturated carbocycles. The summed E-state index contributed by atoms with van der Waals surface area (Å²) < 4.78 is 0. The lowest BCUT2D eigenvalue weighted by molar-refractivity contribution is -0.0647. The molecular formula is C20H27N3OS. The molecule has 4 rings (SSSR count). The van der Waals surface area contributed by atoms with E-state index < -0.39 is 0 Å². The monoisotopic (exact) mass is 357 g/mol. The zero-order valence-corrected chi connectivity index (χ0v) is 15.5. The minimum absolute atomic E-state index is 0.00101. The second kappa shape index (κ2) is 7.54. The number of thiazole rings is 1. The maximum atomic E-state index is 11.0. The predicted molar refractivity (Wildman–Crippen MR) is 102 cm³/mol. The minimum atomic E-state index is -0.257. The van der Waals surface area contributed by atoms with Crippen LogP contribution in [-0.2, 0) is 13.0 Å². The van der Waals surface area contributed by atoms with Gasteiger partial charge in [-0.15, -0.1) is 11.3 Å². The fraction of sp³-hybridized carbons (Fsp3) is 0.550. The van der Waals surface area contributed by atoms with Crippen LogP contribution in [0.5, 0.6) is 0 Å². The van der Waals surface area contributed by atoms with Crippen molar-refractivity contribution in [2.24, 2.45) is 0 Å². The molecule has 0 aliphatic carbocycles. The fourth-order valence-corrected chi connectivity index (χ4v) is 5.20. The maximum absolute atomic E-state index is 11.0. The summed E-state index contributed by atoms with van der Waals surface area (Å²) >= 11 is 1.70. The molecule has 5 heteroatoms. The van der Waals surface area contributed by atoms with Crippen LogP contribution in [0.15, 0.2) is 42.0 Å². The van der Waals surface area contributed by atoms with E-state index in [2.05, 4.69) is 45.1 Å². The Bertz CT molecular complexity index is 663. The van der Waals surface area contributed by atoms with Crippen LogP contribution in [0.25, 0.3) is 0 Å². The molecule has 1 aromatic carbocycles. The van der Waals surface area contributed by atoms with Gasteiger partial charge < -0.3 is 5.11 Å². The van der Waals surface area contributed by atoms with Crippen molar-refractivity contribution in [1.29, 1.82) is 0 Å². The first-order valence-electron chi connectivity index (χ1n) is 9.33. The molecule has 1 spiro atoms. The maximum Gasteiger partial charge on any atom is 0.0851 e. The first-order chi connectivity index (χ1) is 12.3. The van der Waals surface area contributed by atoms with Gasteiger partial charge in [0.2, 0.25) is 0 Å². The summed E-state index contributed by atoms with van der Waals surface area (Å²) in [5.41, 5.74) is 3.28. The molecule has 2 fully saturated rings. The number of piperidine rings is 1. The molecule has 2 aliphatic rings. The number of nitrogens with zero attached hydrogens (tertiary/aromatic N) is 3. The Hall–Kier alpha value is -1.27. The van der Waals surface area contributed by atoms with E-state index in [1.54, 1.807) is 11.3 Å². The van der Waals surface area contributed by atoms with Gasteiger partial charge in [0, 0.05) is 42.8 Å². The van der Waals surface area contributed by atoms with Crippen molar-refractivity contribution in [2.45, 2.75) is 43.9 Å². The number of hydrogen-bond donors (Lipinski definition) is 1. The SMILES string of the molecule is O[C@H]1CN(Cc2cncs2)CC[C@@]12CCCN2CCc1ccccc1. The largest absolute Gasteiger partial charge is 0.390 e. The minimum Gasteiger partial charge on any atom is -0.390 e. The zero-order chi connectivity index (χ0) is 17.1. The van der Waals surface area contributed by atoms with Crippen LogP contribution in [-0.4, -0.2) is 57.7 Å². The molecule has 3 heterocycles. The molecule has 1 N–H and O–H groups in total. The highest BCUT2D eigenvalue weighted by Gasteiger charge is 2.48. The highest BCUT2D eigenvalue weighted by Crippen LogP contribution is 2.39. The molecule has 0 unspecified atom stereocenters. The summed E-state index contributed by atoms with van der Waals surface area (Å²) in [5, 5.41) is 11.0. The van der Waals surface area contributed by atoms with Crippen LogP contribution >= 0.6 is 11.3 Å². The molecule has 2 aromatic rings. The average Bonchev–Trinajstić information content (AvgIpc) is 3.28. The molecule has 0 bridgehead atoms. The third-order valence-electron chi connectivity index (χ3n) is 5.96. The molecule has 134 valence electrons. The molecule has 1 aromatic heterocycles. The smallest absolute Gasteiger partial charge is 0.0851 e. The summed E-state index contributed by atoms with van der Waals surface area (Å²) in [4.78, 5) is 10.4. The summed E-state index contributed by atoms with van der Waals surface area (Å²) in [5.74, 6) is 0. The Balaban J connectivity index is 1.38. The quantitative estimate of drug-likeness (QED) is 0.893. The van der Waals surface area contributed by atoms with Crippen molar-refractivity contribution in [2.75, 3.05) is 26.2 Å². The van der Waals surface area contributed by atoms with Crippen LogP contribution in [0, 0.1) is 0 Å². The normalized spacial score (nSPS) is 28.0. The van der Waals surface area contributed by atoms with Crippen molar-refractivity contribution in [3.8, 4) is 0 Å². The van der Waals surface area contributed by atoms with Gasteiger partial charge in [-0.3, -0.25) is 14.8 Å². The Morgan fingerprint density at radius 3 is 2.84 bits per heavy atom. The molecule has 25 heavy (non-hydrogen) atoms. The van der Waals surface area contributed by atoms with E-state index in [-0.39, 0.29) is 11.6 Å². The highest BCUT2D eigenvalue weighted by molar-refractivity contribution is 7.09. The molecule has 2 atom stereocenters. The summed E-state index contributed by atoms with van der Waals surface area (Å²) in [7, 11) is 0. The summed E-state index contributed by atoms with van der Waals surface area (Å²) in [6, 6.07) is 10.7. The van der Waals surface area contributed by atoms with E-state index in [9.17, 15) is 5.11 Å². The van der Waals surface area contributed by atoms with Gasteiger partial charge in [-0.25, -0.2) is 0 Å². The topological polar surface area (TPSA) is 39.6 Å². The zero-order valence-electron chi connectivity index (χ0n) is 14.7. The van der Waals surface area contributed by atoms with Crippen molar-refractivity contribution >= 4 is 11.3 Å². The van der Waals surface area contributed by atoms with Crippen LogP contribution in [0.2, 0.25) is 0 Å².